The molecule has 110 valence electrons. The highest BCUT2D eigenvalue weighted by Crippen LogP contribution is 2.31. The molecular formula is C15H29N3O. The largest absolute Gasteiger partial charge is 0.343 e. The first kappa shape index (κ1) is 14.8. The molecule has 4 heteroatoms. The van der Waals surface area contributed by atoms with Crippen LogP contribution in [0.1, 0.15) is 39.5 Å². The number of hydrogen-bond acceptors (Lipinski definition) is 3. The number of nitrogens with one attached hydrogen (secondary N) is 1. The third kappa shape index (κ3) is 3.29. The number of likely N-dealkylation sites (tertiary alicyclic amines) is 1. The first-order valence-electron chi connectivity index (χ1n) is 7.60. The Balaban J connectivity index is 1.94. The van der Waals surface area contributed by atoms with Gasteiger partial charge in [0.1, 0.15) is 0 Å². The minimum absolute atomic E-state index is 0.0158. The molecule has 2 aliphatic heterocycles. The van der Waals surface area contributed by atoms with Crippen molar-refractivity contribution >= 4 is 5.91 Å². The minimum atomic E-state index is -0.0158. The topological polar surface area (TPSA) is 35.6 Å². The molecule has 19 heavy (non-hydrogen) atoms. The average molecular weight is 267 g/mol. The van der Waals surface area contributed by atoms with E-state index in [4.69, 9.17) is 0 Å². The SMILES string of the molecule is CN(CC1CCCN1C)C(=O)C1NCCCC1(C)C. The molecular weight excluding hydrogens is 238 g/mol. The lowest BCUT2D eigenvalue weighted by molar-refractivity contribution is -0.136. The number of rotatable bonds is 3. The number of nitrogens with zero attached hydrogens (tertiary/aromatic N) is 2. The lowest BCUT2D eigenvalue weighted by Crippen LogP contribution is -2.57. The van der Waals surface area contributed by atoms with Gasteiger partial charge < -0.3 is 15.1 Å². The van der Waals surface area contributed by atoms with Crippen molar-refractivity contribution in [3.8, 4) is 0 Å². The Labute approximate surface area is 117 Å². The van der Waals surface area contributed by atoms with Crippen molar-refractivity contribution in [1.82, 2.24) is 15.1 Å². The molecule has 2 aliphatic rings. The zero-order chi connectivity index (χ0) is 14.0. The number of piperidine rings is 1. The molecule has 1 amide bonds. The van der Waals surface area contributed by atoms with Gasteiger partial charge in [-0.1, -0.05) is 13.8 Å². The van der Waals surface area contributed by atoms with Crippen molar-refractivity contribution in [2.75, 3.05) is 33.7 Å². The van der Waals surface area contributed by atoms with Crippen LogP contribution in [0.3, 0.4) is 0 Å². The maximum absolute atomic E-state index is 12.7. The van der Waals surface area contributed by atoms with E-state index in [1.807, 2.05) is 11.9 Å². The van der Waals surface area contributed by atoms with E-state index in [0.29, 0.717) is 6.04 Å². The molecule has 0 radical (unpaired) electrons. The molecule has 2 saturated heterocycles. The molecule has 0 spiro atoms. The molecule has 2 atom stereocenters. The normalized spacial score (nSPS) is 31.4. The van der Waals surface area contributed by atoms with E-state index in [9.17, 15) is 4.79 Å². The van der Waals surface area contributed by atoms with Crippen LogP contribution in [0.5, 0.6) is 0 Å². The molecule has 2 rings (SSSR count). The van der Waals surface area contributed by atoms with Crippen LogP contribution in [0, 0.1) is 5.41 Å². The fraction of sp³-hybridized carbons (Fsp3) is 0.933. The summed E-state index contributed by atoms with van der Waals surface area (Å²) in [5.74, 6) is 0.269. The molecule has 4 nitrogen and oxygen atoms in total. The first-order chi connectivity index (χ1) is 8.92. The Kier molecular flexibility index (Phi) is 4.51. The molecule has 2 unspecified atom stereocenters. The lowest BCUT2D eigenvalue weighted by atomic mass is 9.77. The van der Waals surface area contributed by atoms with Crippen molar-refractivity contribution in [2.24, 2.45) is 5.41 Å². The quantitative estimate of drug-likeness (QED) is 0.837. The van der Waals surface area contributed by atoms with Crippen molar-refractivity contribution < 1.29 is 4.79 Å². The maximum Gasteiger partial charge on any atom is 0.240 e. The third-order valence-corrected chi connectivity index (χ3v) is 4.91. The van der Waals surface area contributed by atoms with E-state index in [1.54, 1.807) is 0 Å². The average Bonchev–Trinajstić information content (AvgIpc) is 2.73. The summed E-state index contributed by atoms with van der Waals surface area (Å²) < 4.78 is 0. The number of amides is 1. The number of carbonyl (C=O) groups is 1. The van der Waals surface area contributed by atoms with Gasteiger partial charge in [0, 0.05) is 19.6 Å². The molecule has 0 aromatic rings. The lowest BCUT2D eigenvalue weighted by Gasteiger charge is -2.40. The predicted molar refractivity (Wildman–Crippen MR) is 78.1 cm³/mol. The van der Waals surface area contributed by atoms with Crippen LogP contribution in [0.15, 0.2) is 0 Å². The smallest absolute Gasteiger partial charge is 0.240 e. The number of carbonyl (C=O) groups excluding carboxylic acids is 1. The van der Waals surface area contributed by atoms with Crippen LogP contribution in [0.2, 0.25) is 0 Å². The highest BCUT2D eigenvalue weighted by atomic mass is 16.2. The van der Waals surface area contributed by atoms with E-state index in [0.717, 1.165) is 19.5 Å². The Morgan fingerprint density at radius 1 is 1.42 bits per heavy atom. The van der Waals surface area contributed by atoms with Crippen LogP contribution in [-0.2, 0) is 4.79 Å². The standard InChI is InChI=1S/C15H29N3O/c1-15(2)8-6-9-16-13(15)14(19)18(4)11-12-7-5-10-17(12)3/h12-13,16H,5-11H2,1-4H3. The van der Waals surface area contributed by atoms with Crippen LogP contribution < -0.4 is 5.32 Å². The van der Waals surface area contributed by atoms with Gasteiger partial charge in [0.15, 0.2) is 0 Å². The molecule has 0 aliphatic carbocycles. The summed E-state index contributed by atoms with van der Waals surface area (Å²) in [7, 11) is 4.12. The summed E-state index contributed by atoms with van der Waals surface area (Å²) in [5.41, 5.74) is 0.0746. The van der Waals surface area contributed by atoms with Crippen LogP contribution >= 0.6 is 0 Å². The van der Waals surface area contributed by atoms with Crippen molar-refractivity contribution in [2.45, 2.75) is 51.6 Å². The summed E-state index contributed by atoms with van der Waals surface area (Å²) >= 11 is 0. The minimum Gasteiger partial charge on any atom is -0.343 e. The van der Waals surface area contributed by atoms with Gasteiger partial charge in [-0.2, -0.15) is 0 Å². The molecule has 0 saturated carbocycles. The molecule has 2 heterocycles. The zero-order valence-electron chi connectivity index (χ0n) is 12.9. The molecule has 0 aromatic carbocycles. The summed E-state index contributed by atoms with van der Waals surface area (Å²) in [6.07, 6.45) is 4.78. The molecule has 0 bridgehead atoms. The fourth-order valence-corrected chi connectivity index (χ4v) is 3.47. The molecule has 2 fully saturated rings. The van der Waals surface area contributed by atoms with E-state index in [1.165, 1.54) is 25.8 Å². The highest BCUT2D eigenvalue weighted by Gasteiger charge is 2.39. The Morgan fingerprint density at radius 2 is 2.16 bits per heavy atom. The first-order valence-corrected chi connectivity index (χ1v) is 7.60. The summed E-state index contributed by atoms with van der Waals surface area (Å²) in [4.78, 5) is 17.0. The van der Waals surface area contributed by atoms with E-state index in [-0.39, 0.29) is 17.4 Å². The van der Waals surface area contributed by atoms with Crippen molar-refractivity contribution in [3.05, 3.63) is 0 Å². The van der Waals surface area contributed by atoms with Crippen LogP contribution in [0.25, 0.3) is 0 Å². The summed E-state index contributed by atoms with van der Waals surface area (Å²) in [6, 6.07) is 0.526. The van der Waals surface area contributed by atoms with Gasteiger partial charge in [-0.15, -0.1) is 0 Å². The van der Waals surface area contributed by atoms with Gasteiger partial charge in [-0.05, 0) is 51.2 Å². The zero-order valence-corrected chi connectivity index (χ0v) is 12.9. The summed E-state index contributed by atoms with van der Waals surface area (Å²) in [6.45, 7) is 7.41. The Bertz CT molecular complexity index is 329. The molecule has 0 aromatic heterocycles. The van der Waals surface area contributed by atoms with Crippen molar-refractivity contribution in [1.29, 1.82) is 0 Å². The van der Waals surface area contributed by atoms with Gasteiger partial charge in [-0.25, -0.2) is 0 Å². The fourth-order valence-electron chi connectivity index (χ4n) is 3.47. The van der Waals surface area contributed by atoms with E-state index in [2.05, 4.69) is 31.1 Å². The molecule has 1 N–H and O–H groups in total. The van der Waals surface area contributed by atoms with Crippen LogP contribution in [0.4, 0.5) is 0 Å². The Morgan fingerprint density at radius 3 is 2.74 bits per heavy atom. The number of hydrogen-bond donors (Lipinski definition) is 1. The van der Waals surface area contributed by atoms with Crippen molar-refractivity contribution in [3.63, 3.8) is 0 Å². The second kappa shape index (κ2) is 5.80. The van der Waals surface area contributed by atoms with E-state index < -0.39 is 0 Å². The van der Waals surface area contributed by atoms with Gasteiger partial charge in [0.05, 0.1) is 6.04 Å². The van der Waals surface area contributed by atoms with Gasteiger partial charge in [0.2, 0.25) is 5.91 Å². The van der Waals surface area contributed by atoms with Gasteiger partial charge in [0.25, 0.3) is 0 Å². The van der Waals surface area contributed by atoms with Gasteiger partial charge in [-0.3, -0.25) is 4.79 Å². The second-order valence-electron chi connectivity index (χ2n) is 6.97. The number of likely N-dealkylation sites (N-methyl/N-ethyl adjacent to an activating group) is 2. The predicted octanol–water partition coefficient (Wildman–Crippen LogP) is 1.32. The summed E-state index contributed by atoms with van der Waals surface area (Å²) in [5, 5.41) is 3.42. The maximum atomic E-state index is 12.7. The third-order valence-electron chi connectivity index (χ3n) is 4.91. The monoisotopic (exact) mass is 267 g/mol. The second-order valence-corrected chi connectivity index (χ2v) is 6.97. The van der Waals surface area contributed by atoms with E-state index >= 15 is 0 Å². The van der Waals surface area contributed by atoms with Crippen LogP contribution in [-0.4, -0.2) is 61.5 Å². The highest BCUT2D eigenvalue weighted by molar-refractivity contribution is 5.82. The van der Waals surface area contributed by atoms with Gasteiger partial charge >= 0.3 is 0 Å². The Hall–Kier alpha value is -0.610.